The summed E-state index contributed by atoms with van der Waals surface area (Å²) >= 11 is 0. The molecular formula is C28H26N2O2. The van der Waals surface area contributed by atoms with E-state index in [0.29, 0.717) is 36.3 Å². The number of hydrogen-bond acceptors (Lipinski definition) is 2. The molecule has 7 rings (SSSR count). The Bertz CT molecular complexity index is 1170. The summed E-state index contributed by atoms with van der Waals surface area (Å²) in [5.41, 5.74) is 7.15. The minimum absolute atomic E-state index is 0.0680. The Morgan fingerprint density at radius 3 is 2.25 bits per heavy atom. The third-order valence-electron chi connectivity index (χ3n) is 7.44. The topological polar surface area (TPSA) is 49.4 Å². The van der Waals surface area contributed by atoms with E-state index < -0.39 is 0 Å². The van der Waals surface area contributed by atoms with Gasteiger partial charge in [-0.25, -0.2) is 0 Å². The molecule has 1 unspecified atom stereocenters. The minimum atomic E-state index is -0.0680. The summed E-state index contributed by atoms with van der Waals surface area (Å²) < 4.78 is 0. The van der Waals surface area contributed by atoms with Gasteiger partial charge in [-0.15, -0.1) is 0 Å². The van der Waals surface area contributed by atoms with E-state index in [1.807, 2.05) is 24.3 Å². The second-order valence-corrected chi connectivity index (χ2v) is 9.19. The first-order valence-electron chi connectivity index (χ1n) is 11.6. The monoisotopic (exact) mass is 422 g/mol. The normalized spacial score (nSPS) is 23.1. The molecule has 1 fully saturated rings. The van der Waals surface area contributed by atoms with Gasteiger partial charge in [-0.2, -0.15) is 0 Å². The van der Waals surface area contributed by atoms with Crippen LogP contribution < -0.4 is 10.2 Å². The molecule has 160 valence electrons. The molecule has 3 aromatic carbocycles. The number of nitrogens with zero attached hydrogens (tertiary/aromatic N) is 1. The highest BCUT2D eigenvalue weighted by molar-refractivity contribution is 5.99. The van der Waals surface area contributed by atoms with Gasteiger partial charge in [0.25, 0.3) is 5.91 Å². The molecule has 4 nitrogen and oxygen atoms in total. The molecule has 2 bridgehead atoms. The van der Waals surface area contributed by atoms with E-state index in [-0.39, 0.29) is 11.8 Å². The van der Waals surface area contributed by atoms with Crippen molar-refractivity contribution in [2.45, 2.75) is 31.1 Å². The molecule has 0 saturated carbocycles. The fourth-order valence-corrected chi connectivity index (χ4v) is 6.02. The predicted molar refractivity (Wildman–Crippen MR) is 125 cm³/mol. The number of hydrogen-bond donors (Lipinski definition) is 1. The van der Waals surface area contributed by atoms with Crippen LogP contribution in [-0.2, 0) is 4.79 Å². The third kappa shape index (κ3) is 3.05. The lowest BCUT2D eigenvalue weighted by Gasteiger charge is -2.45. The molecule has 1 aliphatic heterocycles. The highest BCUT2D eigenvalue weighted by atomic mass is 16.2. The summed E-state index contributed by atoms with van der Waals surface area (Å²) in [5, 5.41) is 3.20. The molecule has 1 saturated heterocycles. The number of benzene rings is 3. The zero-order valence-corrected chi connectivity index (χ0v) is 18.0. The maximum absolute atomic E-state index is 13.0. The van der Waals surface area contributed by atoms with Crippen LogP contribution in [0, 0.1) is 5.92 Å². The first-order chi connectivity index (χ1) is 15.7. The van der Waals surface area contributed by atoms with Gasteiger partial charge in [0.2, 0.25) is 5.91 Å². The van der Waals surface area contributed by atoms with Gasteiger partial charge < -0.3 is 10.2 Å². The van der Waals surface area contributed by atoms with Crippen molar-refractivity contribution in [1.29, 1.82) is 0 Å². The molecule has 1 heterocycles. The average molecular weight is 423 g/mol. The van der Waals surface area contributed by atoms with Gasteiger partial charge in [0.05, 0.1) is 0 Å². The fourth-order valence-electron chi connectivity index (χ4n) is 6.02. The third-order valence-corrected chi connectivity index (χ3v) is 7.44. The molecule has 0 radical (unpaired) electrons. The van der Waals surface area contributed by atoms with Crippen molar-refractivity contribution in [3.8, 4) is 0 Å². The predicted octanol–water partition coefficient (Wildman–Crippen LogP) is 4.84. The molecular weight excluding hydrogens is 396 g/mol. The van der Waals surface area contributed by atoms with Gasteiger partial charge in [0.15, 0.2) is 0 Å². The summed E-state index contributed by atoms with van der Waals surface area (Å²) in [6, 6.07) is 25.0. The Hall–Kier alpha value is -3.40. The summed E-state index contributed by atoms with van der Waals surface area (Å²) in [5.74, 6) is 1.16. The molecule has 1 N–H and O–H groups in total. The van der Waals surface area contributed by atoms with Crippen LogP contribution in [0.4, 0.5) is 5.69 Å². The molecule has 1 atom stereocenters. The van der Waals surface area contributed by atoms with Gasteiger partial charge in [-0.05, 0) is 59.2 Å². The van der Waals surface area contributed by atoms with E-state index in [1.54, 1.807) is 4.90 Å². The Labute approximate surface area is 188 Å². The summed E-state index contributed by atoms with van der Waals surface area (Å²) in [4.78, 5) is 26.9. The Kier molecular flexibility index (Phi) is 4.60. The van der Waals surface area contributed by atoms with Crippen LogP contribution in [0.25, 0.3) is 0 Å². The van der Waals surface area contributed by atoms with Crippen molar-refractivity contribution in [1.82, 2.24) is 5.32 Å². The molecule has 3 aliphatic carbocycles. The van der Waals surface area contributed by atoms with E-state index in [2.05, 4.69) is 53.8 Å². The Morgan fingerprint density at radius 1 is 0.906 bits per heavy atom. The number of rotatable bonds is 4. The number of carbonyl (C=O) groups excluding carboxylic acids is 2. The summed E-state index contributed by atoms with van der Waals surface area (Å²) in [6.45, 7) is 1.38. The first-order valence-corrected chi connectivity index (χ1v) is 11.6. The summed E-state index contributed by atoms with van der Waals surface area (Å²) in [6.07, 6.45) is 2.52. The lowest BCUT2D eigenvalue weighted by Crippen LogP contribution is -2.39. The molecule has 3 aromatic rings. The van der Waals surface area contributed by atoms with Gasteiger partial charge >= 0.3 is 0 Å². The summed E-state index contributed by atoms with van der Waals surface area (Å²) in [7, 11) is 0. The van der Waals surface area contributed by atoms with E-state index in [9.17, 15) is 9.59 Å². The second-order valence-electron chi connectivity index (χ2n) is 9.19. The molecule has 0 spiro atoms. The molecule has 32 heavy (non-hydrogen) atoms. The lowest BCUT2D eigenvalue weighted by atomic mass is 9.59. The minimum Gasteiger partial charge on any atom is -0.352 e. The SMILES string of the molecule is O=C(NCC1CC2c3ccccc3C1c1ccccc12)c1cccc(N2CCCC2=O)c1. The average Bonchev–Trinajstić information content (AvgIpc) is 3.28. The number of carbonyl (C=O) groups is 2. The number of nitrogens with one attached hydrogen (secondary N) is 1. The maximum Gasteiger partial charge on any atom is 0.251 e. The van der Waals surface area contributed by atoms with Crippen molar-refractivity contribution in [2.75, 3.05) is 18.0 Å². The van der Waals surface area contributed by atoms with E-state index >= 15 is 0 Å². The van der Waals surface area contributed by atoms with Crippen LogP contribution in [0.1, 0.15) is 63.7 Å². The zero-order chi connectivity index (χ0) is 21.7. The van der Waals surface area contributed by atoms with Crippen LogP contribution in [-0.4, -0.2) is 24.9 Å². The molecule has 0 aromatic heterocycles. The van der Waals surface area contributed by atoms with Crippen molar-refractivity contribution < 1.29 is 9.59 Å². The zero-order valence-electron chi connectivity index (χ0n) is 18.0. The van der Waals surface area contributed by atoms with Crippen LogP contribution in [0.15, 0.2) is 72.8 Å². The quantitative estimate of drug-likeness (QED) is 0.654. The largest absolute Gasteiger partial charge is 0.352 e. The van der Waals surface area contributed by atoms with Crippen LogP contribution in [0.5, 0.6) is 0 Å². The van der Waals surface area contributed by atoms with Crippen molar-refractivity contribution >= 4 is 17.5 Å². The van der Waals surface area contributed by atoms with Crippen LogP contribution in [0.2, 0.25) is 0 Å². The smallest absolute Gasteiger partial charge is 0.251 e. The van der Waals surface area contributed by atoms with Crippen LogP contribution in [0.3, 0.4) is 0 Å². The molecule has 4 heteroatoms. The number of amides is 2. The maximum atomic E-state index is 13.0. The molecule has 4 aliphatic rings. The van der Waals surface area contributed by atoms with Gasteiger partial charge in [0.1, 0.15) is 0 Å². The highest BCUT2D eigenvalue weighted by Crippen LogP contribution is 2.55. The van der Waals surface area contributed by atoms with Gasteiger partial charge in [-0.3, -0.25) is 9.59 Å². The van der Waals surface area contributed by atoms with Gasteiger partial charge in [-0.1, -0.05) is 54.6 Å². The molecule has 2 amide bonds. The van der Waals surface area contributed by atoms with E-state index in [1.165, 1.54) is 22.3 Å². The van der Waals surface area contributed by atoms with Crippen molar-refractivity contribution in [2.24, 2.45) is 5.92 Å². The van der Waals surface area contributed by atoms with E-state index in [4.69, 9.17) is 0 Å². The standard InChI is InChI=1S/C28H26N2O2/c31-26-13-6-14-30(26)20-8-5-7-18(15-20)28(32)29-17-19-16-25-21-9-1-3-11-23(21)27(19)24-12-4-2-10-22(24)25/h1-5,7-12,15,19,25,27H,6,13-14,16-17H2,(H,29,32). The van der Waals surface area contributed by atoms with Crippen molar-refractivity contribution in [3.05, 3.63) is 101 Å². The fraction of sp³-hybridized carbons (Fsp3) is 0.286. The van der Waals surface area contributed by atoms with Crippen molar-refractivity contribution in [3.63, 3.8) is 0 Å². The number of fused-ring (bicyclic) bond motifs is 1. The lowest BCUT2D eigenvalue weighted by molar-refractivity contribution is -0.117. The second kappa shape index (κ2) is 7.63. The van der Waals surface area contributed by atoms with E-state index in [0.717, 1.165) is 25.1 Å². The van der Waals surface area contributed by atoms with Crippen LogP contribution >= 0.6 is 0 Å². The Balaban J connectivity index is 1.23. The Morgan fingerprint density at radius 2 is 1.59 bits per heavy atom. The number of anilines is 1. The van der Waals surface area contributed by atoms with Gasteiger partial charge in [0, 0.05) is 42.6 Å². The highest BCUT2D eigenvalue weighted by Gasteiger charge is 2.42. The first kappa shape index (κ1) is 19.3.